The number of carbonyl (C=O) groups excluding carboxylic acids is 1. The standard InChI is InChI=1S/C16H22N2O/c1-17-16(19)13-8-7-12-9-10-18(15(12)11-13)14-5-3-2-4-6-14/h7-8,11,14H,2-6,9-10H2,1H3,(H,17,19). The SMILES string of the molecule is CNC(=O)c1ccc2c(c1)N(C1CCCCC1)CC2. The summed E-state index contributed by atoms with van der Waals surface area (Å²) in [6.07, 6.45) is 7.83. The van der Waals surface area contributed by atoms with E-state index in [0.29, 0.717) is 6.04 Å². The van der Waals surface area contributed by atoms with E-state index in [2.05, 4.69) is 22.3 Å². The molecule has 0 unspecified atom stereocenters. The van der Waals surface area contributed by atoms with Crippen molar-refractivity contribution in [1.29, 1.82) is 0 Å². The molecule has 1 amide bonds. The second kappa shape index (κ2) is 5.24. The van der Waals surface area contributed by atoms with E-state index in [1.165, 1.54) is 43.4 Å². The Bertz CT molecular complexity index is 478. The van der Waals surface area contributed by atoms with Gasteiger partial charge in [0.05, 0.1) is 0 Å². The average molecular weight is 258 g/mol. The lowest BCUT2D eigenvalue weighted by atomic mass is 9.94. The monoisotopic (exact) mass is 258 g/mol. The molecule has 1 aromatic rings. The molecule has 102 valence electrons. The van der Waals surface area contributed by atoms with Crippen molar-refractivity contribution in [3.63, 3.8) is 0 Å². The van der Waals surface area contributed by atoms with Gasteiger partial charge in [-0.1, -0.05) is 25.3 Å². The third-order valence-corrected chi connectivity index (χ3v) is 4.52. The van der Waals surface area contributed by atoms with Crippen molar-refractivity contribution in [3.8, 4) is 0 Å². The molecule has 0 radical (unpaired) electrons. The Morgan fingerprint density at radius 3 is 2.79 bits per heavy atom. The van der Waals surface area contributed by atoms with E-state index < -0.39 is 0 Å². The zero-order chi connectivity index (χ0) is 13.2. The van der Waals surface area contributed by atoms with Gasteiger partial charge in [0.2, 0.25) is 0 Å². The van der Waals surface area contributed by atoms with Crippen LogP contribution in [0.1, 0.15) is 48.0 Å². The second-order valence-electron chi connectivity index (χ2n) is 5.66. The van der Waals surface area contributed by atoms with Gasteiger partial charge in [-0.05, 0) is 37.0 Å². The largest absolute Gasteiger partial charge is 0.368 e. The maximum absolute atomic E-state index is 11.8. The highest BCUT2D eigenvalue weighted by Crippen LogP contribution is 2.34. The molecule has 1 aliphatic carbocycles. The summed E-state index contributed by atoms with van der Waals surface area (Å²) >= 11 is 0. The summed E-state index contributed by atoms with van der Waals surface area (Å²) in [6.45, 7) is 1.12. The zero-order valence-corrected chi connectivity index (χ0v) is 11.6. The summed E-state index contributed by atoms with van der Waals surface area (Å²) in [5.74, 6) is 0.0123. The van der Waals surface area contributed by atoms with Crippen LogP contribution in [0.5, 0.6) is 0 Å². The molecule has 1 heterocycles. The first-order valence-electron chi connectivity index (χ1n) is 7.41. The van der Waals surface area contributed by atoms with Gasteiger partial charge >= 0.3 is 0 Å². The Balaban J connectivity index is 1.87. The van der Waals surface area contributed by atoms with Gasteiger partial charge in [0, 0.05) is 30.9 Å². The molecular formula is C16H22N2O. The lowest BCUT2D eigenvalue weighted by Gasteiger charge is -2.33. The predicted molar refractivity (Wildman–Crippen MR) is 77.8 cm³/mol. The van der Waals surface area contributed by atoms with Crippen LogP contribution in [0.3, 0.4) is 0 Å². The number of anilines is 1. The van der Waals surface area contributed by atoms with Crippen LogP contribution >= 0.6 is 0 Å². The molecule has 0 saturated heterocycles. The van der Waals surface area contributed by atoms with Crippen molar-refractivity contribution in [2.75, 3.05) is 18.5 Å². The van der Waals surface area contributed by atoms with Crippen LogP contribution in [0.15, 0.2) is 18.2 Å². The summed E-state index contributed by atoms with van der Waals surface area (Å²) < 4.78 is 0. The van der Waals surface area contributed by atoms with Crippen LogP contribution in [0.4, 0.5) is 5.69 Å². The summed E-state index contributed by atoms with van der Waals surface area (Å²) in [4.78, 5) is 14.3. The fraction of sp³-hybridized carbons (Fsp3) is 0.562. The Kier molecular flexibility index (Phi) is 3.45. The van der Waals surface area contributed by atoms with Crippen molar-refractivity contribution in [3.05, 3.63) is 29.3 Å². The fourth-order valence-electron chi connectivity index (χ4n) is 3.46. The second-order valence-corrected chi connectivity index (χ2v) is 5.66. The van der Waals surface area contributed by atoms with E-state index in [-0.39, 0.29) is 5.91 Å². The molecule has 19 heavy (non-hydrogen) atoms. The number of carbonyl (C=O) groups is 1. The maximum Gasteiger partial charge on any atom is 0.251 e. The van der Waals surface area contributed by atoms with Gasteiger partial charge in [0.25, 0.3) is 5.91 Å². The van der Waals surface area contributed by atoms with E-state index in [1.807, 2.05) is 6.07 Å². The van der Waals surface area contributed by atoms with E-state index in [1.54, 1.807) is 7.05 Å². The number of hydrogen-bond acceptors (Lipinski definition) is 2. The van der Waals surface area contributed by atoms with E-state index in [0.717, 1.165) is 18.5 Å². The quantitative estimate of drug-likeness (QED) is 0.884. The van der Waals surface area contributed by atoms with Gasteiger partial charge in [-0.25, -0.2) is 0 Å². The Hall–Kier alpha value is -1.51. The van der Waals surface area contributed by atoms with Crippen LogP contribution in [0.2, 0.25) is 0 Å². The zero-order valence-electron chi connectivity index (χ0n) is 11.6. The first kappa shape index (κ1) is 12.5. The molecule has 3 rings (SSSR count). The van der Waals surface area contributed by atoms with E-state index in [4.69, 9.17) is 0 Å². The summed E-state index contributed by atoms with van der Waals surface area (Å²) in [5, 5.41) is 2.71. The molecule has 1 aliphatic heterocycles. The Morgan fingerprint density at radius 2 is 2.05 bits per heavy atom. The normalized spacial score (nSPS) is 19.3. The van der Waals surface area contributed by atoms with E-state index >= 15 is 0 Å². The van der Waals surface area contributed by atoms with Gasteiger partial charge in [-0.3, -0.25) is 4.79 Å². The van der Waals surface area contributed by atoms with Crippen LogP contribution in [-0.4, -0.2) is 25.5 Å². The van der Waals surface area contributed by atoms with Crippen molar-refractivity contribution in [2.24, 2.45) is 0 Å². The highest BCUT2D eigenvalue weighted by molar-refractivity contribution is 5.95. The highest BCUT2D eigenvalue weighted by atomic mass is 16.1. The molecule has 0 spiro atoms. The van der Waals surface area contributed by atoms with Crippen molar-refractivity contribution < 1.29 is 4.79 Å². The Morgan fingerprint density at radius 1 is 1.26 bits per heavy atom. The lowest BCUT2D eigenvalue weighted by molar-refractivity contribution is 0.0963. The minimum absolute atomic E-state index is 0.0123. The van der Waals surface area contributed by atoms with Gasteiger partial charge in [-0.15, -0.1) is 0 Å². The van der Waals surface area contributed by atoms with Crippen molar-refractivity contribution in [2.45, 2.75) is 44.6 Å². The number of rotatable bonds is 2. The lowest BCUT2D eigenvalue weighted by Crippen LogP contribution is -2.35. The molecular weight excluding hydrogens is 236 g/mol. The predicted octanol–water partition coefficient (Wildman–Crippen LogP) is 2.74. The highest BCUT2D eigenvalue weighted by Gasteiger charge is 2.27. The number of nitrogens with one attached hydrogen (secondary N) is 1. The minimum Gasteiger partial charge on any atom is -0.368 e. The van der Waals surface area contributed by atoms with Gasteiger partial charge in [-0.2, -0.15) is 0 Å². The molecule has 1 aromatic carbocycles. The van der Waals surface area contributed by atoms with E-state index in [9.17, 15) is 4.79 Å². The van der Waals surface area contributed by atoms with Crippen LogP contribution in [0, 0.1) is 0 Å². The number of amides is 1. The smallest absolute Gasteiger partial charge is 0.251 e. The fourth-order valence-corrected chi connectivity index (χ4v) is 3.46. The third-order valence-electron chi connectivity index (χ3n) is 4.52. The maximum atomic E-state index is 11.8. The first-order valence-corrected chi connectivity index (χ1v) is 7.41. The molecule has 1 fully saturated rings. The van der Waals surface area contributed by atoms with Crippen LogP contribution in [0.25, 0.3) is 0 Å². The summed E-state index contributed by atoms with van der Waals surface area (Å²) in [5.41, 5.74) is 3.48. The topological polar surface area (TPSA) is 32.3 Å². The molecule has 3 nitrogen and oxygen atoms in total. The van der Waals surface area contributed by atoms with Crippen LogP contribution < -0.4 is 10.2 Å². The number of fused-ring (bicyclic) bond motifs is 1. The number of benzene rings is 1. The molecule has 2 aliphatic rings. The van der Waals surface area contributed by atoms with Crippen molar-refractivity contribution >= 4 is 11.6 Å². The van der Waals surface area contributed by atoms with Gasteiger partial charge in [0.1, 0.15) is 0 Å². The number of nitrogens with zero attached hydrogens (tertiary/aromatic N) is 1. The van der Waals surface area contributed by atoms with Crippen LogP contribution in [-0.2, 0) is 6.42 Å². The Labute approximate surface area is 115 Å². The molecule has 1 N–H and O–H groups in total. The molecule has 3 heteroatoms. The van der Waals surface area contributed by atoms with Gasteiger partial charge in [0.15, 0.2) is 0 Å². The third kappa shape index (κ3) is 2.34. The molecule has 1 saturated carbocycles. The number of hydrogen-bond donors (Lipinski definition) is 1. The first-order chi connectivity index (χ1) is 9.29. The average Bonchev–Trinajstić information content (AvgIpc) is 2.90. The molecule has 0 bridgehead atoms. The summed E-state index contributed by atoms with van der Waals surface area (Å²) in [7, 11) is 1.69. The van der Waals surface area contributed by atoms with Crippen molar-refractivity contribution in [1.82, 2.24) is 5.32 Å². The van der Waals surface area contributed by atoms with Gasteiger partial charge < -0.3 is 10.2 Å². The molecule has 0 atom stereocenters. The summed E-state index contributed by atoms with van der Waals surface area (Å²) in [6, 6.07) is 6.84. The molecule has 0 aromatic heterocycles. The minimum atomic E-state index is 0.0123.